The number of rotatable bonds is 11. The summed E-state index contributed by atoms with van der Waals surface area (Å²) in [6.07, 6.45) is 1.29. The fraction of sp³-hybridized carbons (Fsp3) is 0.273. The summed E-state index contributed by atoms with van der Waals surface area (Å²) in [7, 11) is 2.95. The number of para-hydroxylation sites is 1. The second-order valence-corrected chi connectivity index (χ2v) is 6.38. The number of hydrogen-bond acceptors (Lipinski definition) is 7. The van der Waals surface area contributed by atoms with Gasteiger partial charge in [-0.25, -0.2) is 5.43 Å². The number of ether oxygens (including phenoxy) is 3. The number of carbonyl (C=O) groups is 3. The molecule has 0 aromatic heterocycles. The van der Waals surface area contributed by atoms with Gasteiger partial charge in [0.2, 0.25) is 0 Å². The van der Waals surface area contributed by atoms with Crippen molar-refractivity contribution in [3.8, 4) is 11.5 Å². The molecule has 0 fully saturated rings. The lowest BCUT2D eigenvalue weighted by Gasteiger charge is -2.13. The van der Waals surface area contributed by atoms with Crippen LogP contribution in [0.5, 0.6) is 11.5 Å². The van der Waals surface area contributed by atoms with Crippen molar-refractivity contribution in [2.45, 2.75) is 6.54 Å². The third-order valence-corrected chi connectivity index (χ3v) is 4.08. The van der Waals surface area contributed by atoms with Crippen LogP contribution in [-0.4, -0.2) is 57.9 Å². The third kappa shape index (κ3) is 8.07. The highest BCUT2D eigenvalue weighted by Gasteiger charge is 2.13. The SMILES string of the molecule is COCCNC(=O)C(=O)N/N=C\c1cccc(OC)c1OCC(=O)NCc1ccccc1. The molecule has 0 atom stereocenters. The van der Waals surface area contributed by atoms with E-state index in [2.05, 4.69) is 21.2 Å². The van der Waals surface area contributed by atoms with Crippen molar-refractivity contribution in [2.24, 2.45) is 5.10 Å². The first-order chi connectivity index (χ1) is 15.5. The van der Waals surface area contributed by atoms with Crippen molar-refractivity contribution in [1.82, 2.24) is 16.1 Å². The van der Waals surface area contributed by atoms with Crippen molar-refractivity contribution < 1.29 is 28.6 Å². The average molecular weight is 442 g/mol. The molecule has 32 heavy (non-hydrogen) atoms. The Morgan fingerprint density at radius 3 is 2.47 bits per heavy atom. The Hall–Kier alpha value is -3.92. The van der Waals surface area contributed by atoms with E-state index in [1.54, 1.807) is 18.2 Å². The molecule has 0 heterocycles. The van der Waals surface area contributed by atoms with E-state index in [1.807, 2.05) is 30.3 Å². The molecule has 0 saturated heterocycles. The van der Waals surface area contributed by atoms with Gasteiger partial charge >= 0.3 is 11.8 Å². The topological polar surface area (TPSA) is 127 Å². The van der Waals surface area contributed by atoms with Gasteiger partial charge in [-0.2, -0.15) is 5.10 Å². The van der Waals surface area contributed by atoms with E-state index in [1.165, 1.54) is 20.4 Å². The molecular weight excluding hydrogens is 416 g/mol. The van der Waals surface area contributed by atoms with Crippen molar-refractivity contribution in [1.29, 1.82) is 0 Å². The molecule has 170 valence electrons. The molecule has 0 aliphatic rings. The van der Waals surface area contributed by atoms with Crippen molar-refractivity contribution in [2.75, 3.05) is 34.0 Å². The summed E-state index contributed by atoms with van der Waals surface area (Å²) in [5.41, 5.74) is 3.54. The molecule has 0 aliphatic carbocycles. The number of amides is 3. The monoisotopic (exact) mass is 442 g/mol. The Morgan fingerprint density at radius 1 is 0.969 bits per heavy atom. The van der Waals surface area contributed by atoms with Gasteiger partial charge in [0.1, 0.15) is 0 Å². The molecule has 0 aliphatic heterocycles. The molecule has 0 saturated carbocycles. The second-order valence-electron chi connectivity index (χ2n) is 6.38. The molecule has 0 bridgehead atoms. The lowest BCUT2D eigenvalue weighted by atomic mass is 10.2. The largest absolute Gasteiger partial charge is 0.493 e. The van der Waals surface area contributed by atoms with Gasteiger partial charge < -0.3 is 24.8 Å². The average Bonchev–Trinajstić information content (AvgIpc) is 2.82. The van der Waals surface area contributed by atoms with E-state index in [9.17, 15) is 14.4 Å². The van der Waals surface area contributed by atoms with Crippen LogP contribution >= 0.6 is 0 Å². The number of methoxy groups -OCH3 is 2. The van der Waals surface area contributed by atoms with Crippen molar-refractivity contribution in [3.05, 3.63) is 59.7 Å². The van der Waals surface area contributed by atoms with Crippen molar-refractivity contribution in [3.63, 3.8) is 0 Å². The van der Waals surface area contributed by atoms with E-state index in [-0.39, 0.29) is 31.4 Å². The fourth-order valence-electron chi connectivity index (χ4n) is 2.49. The van der Waals surface area contributed by atoms with Gasteiger partial charge in [-0.05, 0) is 17.7 Å². The van der Waals surface area contributed by atoms with Gasteiger partial charge in [0.25, 0.3) is 5.91 Å². The van der Waals surface area contributed by atoms with E-state index < -0.39 is 11.8 Å². The highest BCUT2D eigenvalue weighted by Crippen LogP contribution is 2.30. The molecule has 3 N–H and O–H groups in total. The van der Waals surface area contributed by atoms with Crippen LogP contribution in [0.2, 0.25) is 0 Å². The van der Waals surface area contributed by atoms with Crippen LogP contribution in [-0.2, 0) is 25.7 Å². The predicted octanol–water partition coefficient (Wildman–Crippen LogP) is 0.603. The zero-order valence-corrected chi connectivity index (χ0v) is 17.9. The molecule has 2 aromatic carbocycles. The summed E-state index contributed by atoms with van der Waals surface area (Å²) in [5, 5.41) is 8.93. The van der Waals surface area contributed by atoms with Gasteiger partial charge in [-0.3, -0.25) is 14.4 Å². The number of nitrogens with one attached hydrogen (secondary N) is 3. The van der Waals surface area contributed by atoms with Crippen LogP contribution < -0.4 is 25.5 Å². The van der Waals surface area contributed by atoms with Gasteiger partial charge in [-0.1, -0.05) is 36.4 Å². The first-order valence-electron chi connectivity index (χ1n) is 9.75. The van der Waals surface area contributed by atoms with Crippen LogP contribution in [0.1, 0.15) is 11.1 Å². The Morgan fingerprint density at radius 2 is 1.75 bits per heavy atom. The Kier molecular flexibility index (Phi) is 10.2. The summed E-state index contributed by atoms with van der Waals surface area (Å²) in [6.45, 7) is 0.614. The van der Waals surface area contributed by atoms with E-state index in [0.29, 0.717) is 17.9 Å². The van der Waals surface area contributed by atoms with Gasteiger partial charge in [0.05, 0.1) is 19.9 Å². The molecule has 10 heteroatoms. The highest BCUT2D eigenvalue weighted by atomic mass is 16.5. The minimum absolute atomic E-state index is 0.201. The molecule has 2 aromatic rings. The zero-order chi connectivity index (χ0) is 23.2. The lowest BCUT2D eigenvalue weighted by Crippen LogP contribution is -2.39. The molecular formula is C22H26N4O6. The minimum atomic E-state index is -0.928. The Labute approximate surface area is 185 Å². The molecule has 0 radical (unpaired) electrons. The van der Waals surface area contributed by atoms with Gasteiger partial charge in [0.15, 0.2) is 18.1 Å². The van der Waals surface area contributed by atoms with Crippen LogP contribution in [0.3, 0.4) is 0 Å². The predicted molar refractivity (Wildman–Crippen MR) is 117 cm³/mol. The van der Waals surface area contributed by atoms with E-state index in [4.69, 9.17) is 14.2 Å². The zero-order valence-electron chi connectivity index (χ0n) is 17.9. The number of hydrogen-bond donors (Lipinski definition) is 3. The molecule has 2 rings (SSSR count). The Balaban J connectivity index is 1.94. The minimum Gasteiger partial charge on any atom is -0.493 e. The van der Waals surface area contributed by atoms with Crippen LogP contribution in [0.4, 0.5) is 0 Å². The maximum Gasteiger partial charge on any atom is 0.329 e. The normalized spacial score (nSPS) is 10.4. The maximum atomic E-state index is 12.2. The molecule has 10 nitrogen and oxygen atoms in total. The van der Waals surface area contributed by atoms with E-state index >= 15 is 0 Å². The van der Waals surface area contributed by atoms with Gasteiger partial charge in [0, 0.05) is 25.8 Å². The standard InChI is InChI=1S/C22H26N4O6/c1-30-12-11-23-21(28)22(29)26-25-14-17-9-6-10-18(31-2)20(17)32-15-19(27)24-13-16-7-4-3-5-8-16/h3-10,14H,11-13,15H2,1-2H3,(H,23,28)(H,24,27)(H,26,29)/b25-14-. The van der Waals surface area contributed by atoms with Crippen LogP contribution in [0.25, 0.3) is 0 Å². The highest BCUT2D eigenvalue weighted by molar-refractivity contribution is 6.35. The summed E-state index contributed by atoms with van der Waals surface area (Å²) in [4.78, 5) is 35.5. The second kappa shape index (κ2) is 13.4. The summed E-state index contributed by atoms with van der Waals surface area (Å²) in [6, 6.07) is 14.5. The number of hydrazone groups is 1. The Bertz CT molecular complexity index is 933. The number of nitrogens with zero attached hydrogens (tertiary/aromatic N) is 1. The van der Waals surface area contributed by atoms with E-state index in [0.717, 1.165) is 5.56 Å². The molecule has 3 amide bonds. The third-order valence-electron chi connectivity index (χ3n) is 4.08. The first-order valence-corrected chi connectivity index (χ1v) is 9.75. The van der Waals surface area contributed by atoms with Gasteiger partial charge in [-0.15, -0.1) is 0 Å². The van der Waals surface area contributed by atoms with Crippen molar-refractivity contribution >= 4 is 23.9 Å². The number of benzene rings is 2. The fourth-order valence-corrected chi connectivity index (χ4v) is 2.49. The number of carbonyl (C=O) groups excluding carboxylic acids is 3. The smallest absolute Gasteiger partial charge is 0.329 e. The van der Waals surface area contributed by atoms with Crippen LogP contribution in [0.15, 0.2) is 53.6 Å². The quantitative estimate of drug-likeness (QED) is 0.202. The van der Waals surface area contributed by atoms with Crippen LogP contribution in [0, 0.1) is 0 Å². The molecule has 0 spiro atoms. The summed E-state index contributed by atoms with van der Waals surface area (Å²) < 4.78 is 15.7. The first kappa shape index (κ1) is 24.4. The maximum absolute atomic E-state index is 12.2. The summed E-state index contributed by atoms with van der Waals surface area (Å²) in [5.74, 6) is -1.43. The molecule has 0 unspecified atom stereocenters. The summed E-state index contributed by atoms with van der Waals surface area (Å²) >= 11 is 0. The lowest BCUT2D eigenvalue weighted by molar-refractivity contribution is -0.139.